The van der Waals surface area contributed by atoms with Crippen molar-refractivity contribution in [2.45, 2.75) is 40.2 Å². The number of rotatable bonds is 1. The van der Waals surface area contributed by atoms with Crippen molar-refractivity contribution in [3.05, 3.63) is 46.8 Å². The van der Waals surface area contributed by atoms with Crippen LogP contribution < -0.4 is 0 Å². The van der Waals surface area contributed by atoms with Gasteiger partial charge in [-0.2, -0.15) is 5.10 Å². The number of aromatic amines is 1. The third-order valence-electron chi connectivity index (χ3n) is 4.36. The summed E-state index contributed by atoms with van der Waals surface area (Å²) in [6.45, 7) is 8.92. The Balaban J connectivity index is 2.04. The minimum Gasteiger partial charge on any atom is -0.508 e. The summed E-state index contributed by atoms with van der Waals surface area (Å²) in [6.07, 6.45) is 0.742. The monoisotopic (exact) mass is 313 g/mol. The van der Waals surface area contributed by atoms with Crippen LogP contribution in [0.15, 0.2) is 24.3 Å². The number of aromatic nitrogens is 2. The lowest BCUT2D eigenvalue weighted by molar-refractivity contribution is 0.0477. The van der Waals surface area contributed by atoms with Gasteiger partial charge >= 0.3 is 0 Å². The first kappa shape index (κ1) is 15.6. The topological polar surface area (TPSA) is 69.2 Å². The number of nitrogens with zero attached hydrogens (tertiary/aromatic N) is 2. The summed E-state index contributed by atoms with van der Waals surface area (Å²) in [6, 6.07) is 7.19. The van der Waals surface area contributed by atoms with E-state index in [2.05, 4.69) is 31.0 Å². The maximum Gasteiger partial charge on any atom is 0.274 e. The van der Waals surface area contributed by atoms with Crippen molar-refractivity contribution in [2.24, 2.45) is 5.41 Å². The molecule has 1 aliphatic heterocycles. The number of hydrogen-bond donors (Lipinski definition) is 2. The molecule has 3 rings (SSSR count). The zero-order valence-corrected chi connectivity index (χ0v) is 14.1. The van der Waals surface area contributed by atoms with Gasteiger partial charge in [-0.3, -0.25) is 9.89 Å². The quantitative estimate of drug-likeness (QED) is 0.849. The average molecular weight is 313 g/mol. The van der Waals surface area contributed by atoms with E-state index in [-0.39, 0.29) is 23.1 Å². The summed E-state index contributed by atoms with van der Waals surface area (Å²) in [7, 11) is 0. The van der Waals surface area contributed by atoms with Gasteiger partial charge in [-0.1, -0.05) is 26.8 Å². The molecule has 0 bridgehead atoms. The highest BCUT2D eigenvalue weighted by Gasteiger charge is 2.39. The Morgan fingerprint density at radius 2 is 2.09 bits per heavy atom. The van der Waals surface area contributed by atoms with Crippen molar-refractivity contribution < 1.29 is 9.90 Å². The van der Waals surface area contributed by atoms with Crippen LogP contribution in [-0.2, 0) is 6.42 Å². The fourth-order valence-corrected chi connectivity index (χ4v) is 3.44. The van der Waals surface area contributed by atoms with Gasteiger partial charge in [-0.25, -0.2) is 0 Å². The fourth-order valence-electron chi connectivity index (χ4n) is 3.44. The van der Waals surface area contributed by atoms with E-state index in [1.807, 2.05) is 24.0 Å². The van der Waals surface area contributed by atoms with Gasteiger partial charge in [0.2, 0.25) is 0 Å². The number of phenols is 1. The van der Waals surface area contributed by atoms with Crippen molar-refractivity contribution in [1.29, 1.82) is 0 Å². The van der Waals surface area contributed by atoms with E-state index in [1.54, 1.807) is 12.1 Å². The minimum absolute atomic E-state index is 0.0450. The van der Waals surface area contributed by atoms with Gasteiger partial charge in [0.1, 0.15) is 11.4 Å². The van der Waals surface area contributed by atoms with Gasteiger partial charge in [0.15, 0.2) is 0 Å². The molecule has 1 aromatic carbocycles. The molecule has 122 valence electrons. The van der Waals surface area contributed by atoms with Gasteiger partial charge < -0.3 is 10.0 Å². The molecule has 23 heavy (non-hydrogen) atoms. The molecular formula is C18H23N3O2. The molecule has 1 aromatic heterocycles. The number of benzene rings is 1. The number of carbonyl (C=O) groups excluding carboxylic acids is 1. The van der Waals surface area contributed by atoms with Crippen molar-refractivity contribution in [1.82, 2.24) is 15.1 Å². The van der Waals surface area contributed by atoms with Crippen LogP contribution >= 0.6 is 0 Å². The zero-order valence-electron chi connectivity index (χ0n) is 14.1. The lowest BCUT2D eigenvalue weighted by atomic mass is 9.77. The molecule has 0 saturated carbocycles. The second-order valence-corrected chi connectivity index (χ2v) is 7.34. The zero-order chi connectivity index (χ0) is 16.8. The molecule has 0 fully saturated rings. The van der Waals surface area contributed by atoms with Crippen LogP contribution in [0, 0.1) is 12.3 Å². The van der Waals surface area contributed by atoms with E-state index in [4.69, 9.17) is 0 Å². The van der Waals surface area contributed by atoms with E-state index >= 15 is 0 Å². The minimum atomic E-state index is -0.118. The van der Waals surface area contributed by atoms with Crippen LogP contribution in [0.1, 0.15) is 54.1 Å². The van der Waals surface area contributed by atoms with Crippen LogP contribution in [0.25, 0.3) is 0 Å². The van der Waals surface area contributed by atoms with E-state index in [0.717, 1.165) is 23.2 Å². The van der Waals surface area contributed by atoms with Gasteiger partial charge in [-0.15, -0.1) is 0 Å². The summed E-state index contributed by atoms with van der Waals surface area (Å²) in [5, 5.41) is 16.7. The van der Waals surface area contributed by atoms with Gasteiger partial charge in [0.25, 0.3) is 5.91 Å². The number of aryl methyl sites for hydroxylation is 1. The van der Waals surface area contributed by atoms with Crippen molar-refractivity contribution in [2.75, 3.05) is 6.54 Å². The van der Waals surface area contributed by atoms with Crippen LogP contribution in [-0.4, -0.2) is 32.7 Å². The molecule has 0 aliphatic carbocycles. The number of carbonyl (C=O) groups is 1. The first-order valence-electron chi connectivity index (χ1n) is 7.92. The third-order valence-corrected chi connectivity index (χ3v) is 4.36. The lowest BCUT2D eigenvalue weighted by Crippen LogP contribution is -2.45. The Bertz CT molecular complexity index is 743. The van der Waals surface area contributed by atoms with Gasteiger partial charge in [0.05, 0.1) is 6.04 Å². The summed E-state index contributed by atoms with van der Waals surface area (Å²) in [4.78, 5) is 14.9. The van der Waals surface area contributed by atoms with Gasteiger partial charge in [0, 0.05) is 12.2 Å². The second-order valence-electron chi connectivity index (χ2n) is 7.34. The molecular weight excluding hydrogens is 290 g/mol. The molecule has 2 aromatic rings. The molecule has 1 amide bonds. The second kappa shape index (κ2) is 5.41. The van der Waals surface area contributed by atoms with E-state index in [1.165, 1.54) is 0 Å². The van der Waals surface area contributed by atoms with E-state index in [9.17, 15) is 9.90 Å². The summed E-state index contributed by atoms with van der Waals surface area (Å²) in [5.74, 6) is 0.229. The van der Waals surface area contributed by atoms with E-state index in [0.29, 0.717) is 12.2 Å². The Hall–Kier alpha value is -2.30. The molecule has 1 unspecified atom stereocenters. The Labute approximate surface area is 136 Å². The molecule has 2 N–H and O–H groups in total. The van der Waals surface area contributed by atoms with Crippen LogP contribution in [0.5, 0.6) is 5.75 Å². The number of aromatic hydroxyl groups is 1. The number of amides is 1. The Morgan fingerprint density at radius 3 is 2.70 bits per heavy atom. The van der Waals surface area contributed by atoms with Gasteiger partial charge in [-0.05, 0) is 48.1 Å². The normalized spacial score (nSPS) is 17.9. The van der Waals surface area contributed by atoms with Crippen LogP contribution in [0.4, 0.5) is 0 Å². The molecule has 1 atom stereocenters. The van der Waals surface area contributed by atoms with E-state index < -0.39 is 0 Å². The standard InChI is InChI=1S/C18H23N3O2/c1-11-9-15(20-19-11)17(23)21-8-7-12-10-13(22)5-6-14(12)16(21)18(2,3)4/h5-6,9-10,16,22H,7-8H2,1-4H3,(H,19,20). The number of nitrogens with one attached hydrogen (secondary N) is 1. The third kappa shape index (κ3) is 2.83. The largest absolute Gasteiger partial charge is 0.508 e. The predicted molar refractivity (Wildman–Crippen MR) is 88.4 cm³/mol. The summed E-state index contributed by atoms with van der Waals surface area (Å²) >= 11 is 0. The molecule has 2 heterocycles. The molecule has 0 spiro atoms. The number of hydrogen-bond acceptors (Lipinski definition) is 3. The average Bonchev–Trinajstić information content (AvgIpc) is 2.90. The Morgan fingerprint density at radius 1 is 1.35 bits per heavy atom. The molecule has 1 aliphatic rings. The fraction of sp³-hybridized carbons (Fsp3) is 0.444. The van der Waals surface area contributed by atoms with Crippen molar-refractivity contribution in [3.8, 4) is 5.75 Å². The lowest BCUT2D eigenvalue weighted by Gasteiger charge is -2.44. The van der Waals surface area contributed by atoms with Crippen molar-refractivity contribution >= 4 is 5.91 Å². The molecule has 0 saturated heterocycles. The number of H-pyrrole nitrogens is 1. The highest BCUT2D eigenvalue weighted by atomic mass is 16.3. The number of phenolic OH excluding ortho intramolecular Hbond substituents is 1. The highest BCUT2D eigenvalue weighted by molar-refractivity contribution is 5.93. The first-order chi connectivity index (χ1) is 10.8. The molecule has 0 radical (unpaired) electrons. The predicted octanol–water partition coefficient (Wildman–Crippen LogP) is 3.21. The summed E-state index contributed by atoms with van der Waals surface area (Å²) in [5.41, 5.74) is 3.45. The Kier molecular flexibility index (Phi) is 3.66. The number of fused-ring (bicyclic) bond motifs is 1. The highest BCUT2D eigenvalue weighted by Crippen LogP contribution is 2.43. The first-order valence-corrected chi connectivity index (χ1v) is 7.92. The SMILES string of the molecule is Cc1cc(C(=O)N2CCc3cc(O)ccc3C2C(C)(C)C)n[nH]1. The maximum atomic E-state index is 12.9. The van der Waals surface area contributed by atoms with Crippen LogP contribution in [0.2, 0.25) is 0 Å². The van der Waals surface area contributed by atoms with Crippen LogP contribution in [0.3, 0.4) is 0 Å². The maximum absolute atomic E-state index is 12.9. The molecule has 5 nitrogen and oxygen atoms in total. The summed E-state index contributed by atoms with van der Waals surface area (Å²) < 4.78 is 0. The van der Waals surface area contributed by atoms with Crippen molar-refractivity contribution in [3.63, 3.8) is 0 Å². The molecule has 5 heteroatoms. The smallest absolute Gasteiger partial charge is 0.274 e.